The van der Waals surface area contributed by atoms with E-state index in [0.29, 0.717) is 5.69 Å². The number of aromatic nitrogens is 1. The zero-order chi connectivity index (χ0) is 9.80. The summed E-state index contributed by atoms with van der Waals surface area (Å²) in [6.07, 6.45) is 0. The van der Waals surface area contributed by atoms with Crippen molar-refractivity contribution in [2.45, 2.75) is 0 Å². The van der Waals surface area contributed by atoms with E-state index >= 15 is 0 Å². The number of hydrogen-bond donors (Lipinski definition) is 0. The maximum Gasteiger partial charge on any atom is 0.141 e. The van der Waals surface area contributed by atoms with Crippen LogP contribution in [0.2, 0.25) is 0 Å². The Bertz CT molecular complexity index is 469. The maximum atomic E-state index is 8.70. The zero-order valence-electron chi connectivity index (χ0n) is 7.51. The van der Waals surface area contributed by atoms with E-state index in [-0.39, 0.29) is 0 Å². The monoisotopic (exact) mass is 180 g/mol. The molecule has 0 N–H and O–H groups in total. The maximum absolute atomic E-state index is 8.70. The van der Waals surface area contributed by atoms with E-state index in [1.165, 1.54) is 0 Å². The average molecular weight is 180 g/mol. The van der Waals surface area contributed by atoms with Gasteiger partial charge in [0.15, 0.2) is 0 Å². The first kappa shape index (κ1) is 8.46. The summed E-state index contributed by atoms with van der Waals surface area (Å²) < 4.78 is 0. The van der Waals surface area contributed by atoms with Gasteiger partial charge in [-0.15, -0.1) is 0 Å². The summed E-state index contributed by atoms with van der Waals surface area (Å²) in [6.45, 7) is 0. The quantitative estimate of drug-likeness (QED) is 0.676. The molecule has 0 saturated carbocycles. The van der Waals surface area contributed by atoms with Crippen molar-refractivity contribution >= 4 is 0 Å². The standard InChI is InChI=1S/C12H8N2/c13-9-11-7-4-8-12(14-11)10-5-2-1-3-6-10/h1-8H. The molecule has 0 atom stereocenters. The lowest BCUT2D eigenvalue weighted by Gasteiger charge is -1.99. The van der Waals surface area contributed by atoms with Gasteiger partial charge in [0.05, 0.1) is 5.69 Å². The minimum absolute atomic E-state index is 0.450. The Morgan fingerprint density at radius 2 is 1.71 bits per heavy atom. The third-order valence-electron chi connectivity index (χ3n) is 1.93. The van der Waals surface area contributed by atoms with Crippen molar-refractivity contribution in [1.29, 1.82) is 5.26 Å². The first-order valence-electron chi connectivity index (χ1n) is 4.33. The van der Waals surface area contributed by atoms with Gasteiger partial charge in [-0.1, -0.05) is 36.4 Å². The smallest absolute Gasteiger partial charge is 0.141 e. The molecule has 0 saturated heterocycles. The molecular weight excluding hydrogens is 172 g/mol. The molecule has 66 valence electrons. The number of rotatable bonds is 1. The third kappa shape index (κ3) is 1.62. The van der Waals surface area contributed by atoms with E-state index in [2.05, 4.69) is 4.98 Å². The van der Waals surface area contributed by atoms with Crippen molar-refractivity contribution in [3.63, 3.8) is 0 Å². The molecular formula is C12H8N2. The van der Waals surface area contributed by atoms with E-state index in [4.69, 9.17) is 5.26 Å². The van der Waals surface area contributed by atoms with Gasteiger partial charge < -0.3 is 0 Å². The Hall–Kier alpha value is -2.14. The highest BCUT2D eigenvalue weighted by Crippen LogP contribution is 2.15. The van der Waals surface area contributed by atoms with Crippen LogP contribution in [0.15, 0.2) is 48.5 Å². The minimum atomic E-state index is 0.450. The summed E-state index contributed by atoms with van der Waals surface area (Å²) in [4.78, 5) is 4.20. The molecule has 0 unspecified atom stereocenters. The SMILES string of the molecule is N#Cc1cccc(-c2ccccc2)n1. The molecule has 0 amide bonds. The highest BCUT2D eigenvalue weighted by molar-refractivity contribution is 5.59. The lowest BCUT2D eigenvalue weighted by Crippen LogP contribution is -1.86. The molecule has 0 aliphatic heterocycles. The van der Waals surface area contributed by atoms with Crippen LogP contribution < -0.4 is 0 Å². The number of hydrogen-bond acceptors (Lipinski definition) is 2. The molecule has 0 spiro atoms. The number of nitrogens with zero attached hydrogens (tertiary/aromatic N) is 2. The Kier molecular flexibility index (Phi) is 2.24. The predicted molar refractivity (Wildman–Crippen MR) is 54.4 cm³/mol. The second-order valence-corrected chi connectivity index (χ2v) is 2.89. The summed E-state index contributed by atoms with van der Waals surface area (Å²) in [6, 6.07) is 17.3. The van der Waals surface area contributed by atoms with Crippen LogP contribution in [0, 0.1) is 11.3 Å². The van der Waals surface area contributed by atoms with Crippen molar-refractivity contribution < 1.29 is 0 Å². The molecule has 0 aliphatic rings. The second-order valence-electron chi connectivity index (χ2n) is 2.89. The van der Waals surface area contributed by atoms with Gasteiger partial charge in [0.25, 0.3) is 0 Å². The molecule has 0 bridgehead atoms. The van der Waals surface area contributed by atoms with Crippen molar-refractivity contribution in [3.05, 3.63) is 54.2 Å². The summed E-state index contributed by atoms with van der Waals surface area (Å²) in [7, 11) is 0. The van der Waals surface area contributed by atoms with Gasteiger partial charge in [-0.3, -0.25) is 0 Å². The van der Waals surface area contributed by atoms with E-state index in [9.17, 15) is 0 Å². The van der Waals surface area contributed by atoms with Crippen LogP contribution in [-0.4, -0.2) is 4.98 Å². The van der Waals surface area contributed by atoms with Gasteiger partial charge in [-0.05, 0) is 12.1 Å². The van der Waals surface area contributed by atoms with E-state index in [1.807, 2.05) is 48.5 Å². The van der Waals surface area contributed by atoms with Crippen LogP contribution in [0.3, 0.4) is 0 Å². The minimum Gasteiger partial charge on any atom is -0.237 e. The number of nitriles is 1. The van der Waals surface area contributed by atoms with Crippen LogP contribution in [-0.2, 0) is 0 Å². The molecule has 14 heavy (non-hydrogen) atoms. The van der Waals surface area contributed by atoms with Crippen LogP contribution in [0.1, 0.15) is 5.69 Å². The van der Waals surface area contributed by atoms with Crippen LogP contribution in [0.5, 0.6) is 0 Å². The highest BCUT2D eigenvalue weighted by atomic mass is 14.7. The largest absolute Gasteiger partial charge is 0.237 e. The second kappa shape index (κ2) is 3.71. The Morgan fingerprint density at radius 1 is 0.929 bits per heavy atom. The van der Waals surface area contributed by atoms with Crippen molar-refractivity contribution in [3.8, 4) is 17.3 Å². The highest BCUT2D eigenvalue weighted by Gasteiger charge is 1.98. The third-order valence-corrected chi connectivity index (χ3v) is 1.93. The molecule has 2 nitrogen and oxygen atoms in total. The summed E-state index contributed by atoms with van der Waals surface area (Å²) in [5.74, 6) is 0. The Balaban J connectivity index is 2.49. The summed E-state index contributed by atoms with van der Waals surface area (Å²) in [5.41, 5.74) is 2.32. The van der Waals surface area contributed by atoms with Gasteiger partial charge >= 0.3 is 0 Å². The number of pyridine rings is 1. The molecule has 0 radical (unpaired) electrons. The predicted octanol–water partition coefficient (Wildman–Crippen LogP) is 2.62. The van der Waals surface area contributed by atoms with E-state index in [1.54, 1.807) is 6.07 Å². The summed E-state index contributed by atoms with van der Waals surface area (Å²) >= 11 is 0. The van der Waals surface area contributed by atoms with Crippen LogP contribution >= 0.6 is 0 Å². The van der Waals surface area contributed by atoms with Gasteiger partial charge in [0.2, 0.25) is 0 Å². The molecule has 1 heterocycles. The van der Waals surface area contributed by atoms with Gasteiger partial charge in [-0.2, -0.15) is 5.26 Å². The fourth-order valence-corrected chi connectivity index (χ4v) is 1.27. The molecule has 0 aliphatic carbocycles. The fraction of sp³-hybridized carbons (Fsp3) is 0. The summed E-state index contributed by atoms with van der Waals surface area (Å²) in [5, 5.41) is 8.70. The topological polar surface area (TPSA) is 36.7 Å². The fourth-order valence-electron chi connectivity index (χ4n) is 1.27. The van der Waals surface area contributed by atoms with Gasteiger partial charge in [-0.25, -0.2) is 4.98 Å². The molecule has 1 aromatic carbocycles. The Morgan fingerprint density at radius 3 is 2.43 bits per heavy atom. The van der Waals surface area contributed by atoms with Gasteiger partial charge in [0, 0.05) is 5.56 Å². The van der Waals surface area contributed by atoms with Crippen molar-refractivity contribution in [1.82, 2.24) is 4.98 Å². The lowest BCUT2D eigenvalue weighted by molar-refractivity contribution is 1.27. The number of benzene rings is 1. The van der Waals surface area contributed by atoms with Crippen molar-refractivity contribution in [2.24, 2.45) is 0 Å². The van der Waals surface area contributed by atoms with Crippen molar-refractivity contribution in [2.75, 3.05) is 0 Å². The van der Waals surface area contributed by atoms with Gasteiger partial charge in [0.1, 0.15) is 11.8 Å². The van der Waals surface area contributed by atoms with Crippen LogP contribution in [0.25, 0.3) is 11.3 Å². The van der Waals surface area contributed by atoms with E-state index in [0.717, 1.165) is 11.3 Å². The first-order valence-corrected chi connectivity index (χ1v) is 4.33. The zero-order valence-corrected chi connectivity index (χ0v) is 7.51. The van der Waals surface area contributed by atoms with Crippen LogP contribution in [0.4, 0.5) is 0 Å². The average Bonchev–Trinajstić information content (AvgIpc) is 2.30. The first-order chi connectivity index (χ1) is 6.90. The molecule has 1 aromatic heterocycles. The Labute approximate surface area is 82.5 Å². The van der Waals surface area contributed by atoms with E-state index < -0.39 is 0 Å². The lowest BCUT2D eigenvalue weighted by atomic mass is 10.1. The molecule has 0 fully saturated rings. The molecule has 2 aromatic rings. The normalized spacial score (nSPS) is 9.36. The molecule has 2 rings (SSSR count). The molecule has 2 heteroatoms.